The number of hydrogen-bond donors (Lipinski definition) is 4. The summed E-state index contributed by atoms with van der Waals surface area (Å²) >= 11 is 7.01. The Kier molecular flexibility index (Phi) is 11.4. The number of nitrogens with zero attached hydrogens (tertiary/aromatic N) is 2. The molecule has 0 amide bonds. The number of benzene rings is 2. The highest BCUT2D eigenvalue weighted by molar-refractivity contribution is 7.97. The zero-order valence-electron chi connectivity index (χ0n) is 22.8. The summed E-state index contributed by atoms with van der Waals surface area (Å²) in [5, 5.41) is 21.4. The van der Waals surface area contributed by atoms with E-state index in [1.807, 2.05) is 44.7 Å². The minimum atomic E-state index is -0.406. The molecule has 0 spiro atoms. The summed E-state index contributed by atoms with van der Waals surface area (Å²) in [6.07, 6.45) is 6.09. The fourth-order valence-electron chi connectivity index (χ4n) is 4.27. The molecule has 2 aromatic rings. The third-order valence-corrected chi connectivity index (χ3v) is 7.13. The summed E-state index contributed by atoms with van der Waals surface area (Å²) in [6.45, 7) is 10.5. The van der Waals surface area contributed by atoms with Crippen LogP contribution in [0.2, 0.25) is 5.02 Å². The Morgan fingerprint density at radius 1 is 1.31 bits per heavy atom. The Labute approximate surface area is 238 Å². The van der Waals surface area contributed by atoms with E-state index in [1.165, 1.54) is 18.3 Å². The topological polar surface area (TPSA) is 89.7 Å². The molecule has 4 N–H and O–H groups in total. The number of hydrogen-bond acceptors (Lipinski definition) is 8. The van der Waals surface area contributed by atoms with E-state index in [4.69, 9.17) is 16.3 Å². The van der Waals surface area contributed by atoms with Gasteiger partial charge in [-0.05, 0) is 81.2 Å². The van der Waals surface area contributed by atoms with Crippen molar-refractivity contribution in [2.45, 2.75) is 64.2 Å². The number of anilines is 2. The van der Waals surface area contributed by atoms with Crippen molar-refractivity contribution >= 4 is 40.7 Å². The number of rotatable bonds is 11. The zero-order chi connectivity index (χ0) is 28.7. The number of allylic oxidation sites excluding steroid dienone is 2. The molecular weight excluding hydrogens is 543 g/mol. The van der Waals surface area contributed by atoms with Crippen LogP contribution < -0.4 is 15.4 Å². The Balaban J connectivity index is 1.72. The number of halogens is 2. The molecule has 1 aliphatic heterocycles. The maximum absolute atomic E-state index is 15.0. The maximum Gasteiger partial charge on any atom is 0.196 e. The van der Waals surface area contributed by atoms with Crippen molar-refractivity contribution in [2.75, 3.05) is 23.4 Å². The molecule has 0 saturated carbocycles. The number of carbonyl (C=O) groups is 1. The lowest BCUT2D eigenvalue weighted by Crippen LogP contribution is -3.08. The van der Waals surface area contributed by atoms with E-state index in [0.717, 1.165) is 18.4 Å². The first-order valence-electron chi connectivity index (χ1n) is 12.9. The maximum atomic E-state index is 15.0. The van der Waals surface area contributed by atoms with E-state index < -0.39 is 5.82 Å². The number of ketones is 1. The number of nitrogens with one attached hydrogen (secondary N) is 2. The average molecular weight is 580 g/mol. The van der Waals surface area contributed by atoms with Crippen molar-refractivity contribution in [3.8, 4) is 0 Å². The molecule has 4 atom stereocenters. The van der Waals surface area contributed by atoms with Gasteiger partial charge in [0.1, 0.15) is 18.1 Å². The average Bonchev–Trinajstić information content (AvgIpc) is 2.87. The van der Waals surface area contributed by atoms with E-state index in [9.17, 15) is 19.6 Å². The third-order valence-electron chi connectivity index (χ3n) is 6.16. The molecule has 212 valence electrons. The molecule has 0 aliphatic carbocycles. The number of quaternary nitrogens is 1. The lowest BCUT2D eigenvalue weighted by Gasteiger charge is -2.37. The number of hydrazine groups is 1. The normalized spacial score (nSPS) is 19.9. The fourth-order valence-corrected chi connectivity index (χ4v) is 5.07. The first-order valence-corrected chi connectivity index (χ1v) is 14.0. The van der Waals surface area contributed by atoms with Crippen molar-refractivity contribution in [1.82, 2.24) is 4.58 Å². The first kappa shape index (κ1) is 31.1. The van der Waals surface area contributed by atoms with Gasteiger partial charge in [-0.2, -0.15) is 5.06 Å². The van der Waals surface area contributed by atoms with Crippen molar-refractivity contribution in [3.05, 3.63) is 76.7 Å². The monoisotopic (exact) mass is 579 g/mol. The van der Waals surface area contributed by atoms with E-state index in [-0.39, 0.29) is 34.7 Å². The van der Waals surface area contributed by atoms with Gasteiger partial charge in [0.2, 0.25) is 0 Å². The zero-order valence-corrected chi connectivity index (χ0v) is 24.4. The standard InChI is InChI=1S/C28H36ClFN4O4S/c1-6-7-8-19(3)33(36)15-18(2)28(35)24-13-22(29)9-11-26(24)31-34(37)39-23-10-12-27(25(30)14-23)32-16-20(4)38-21(5)17-32/h7-15,19-21,31,36-37H,6,16-17H2,1-5H3/p+1/b8-7-,18-15+/t19?,20-,21+. The second-order valence-electron chi connectivity index (χ2n) is 9.65. The Bertz CT molecular complexity index is 1200. The van der Waals surface area contributed by atoms with Gasteiger partial charge >= 0.3 is 0 Å². The molecule has 1 saturated heterocycles. The van der Waals surface area contributed by atoms with E-state index in [0.29, 0.717) is 44.5 Å². The summed E-state index contributed by atoms with van der Waals surface area (Å²) in [7, 11) is 0. The molecule has 0 bridgehead atoms. The summed E-state index contributed by atoms with van der Waals surface area (Å²) in [4.78, 5) is 15.6. The molecule has 3 rings (SSSR count). The summed E-state index contributed by atoms with van der Waals surface area (Å²) in [5.74, 6) is -0.780. The van der Waals surface area contributed by atoms with Gasteiger partial charge in [0, 0.05) is 40.5 Å². The van der Waals surface area contributed by atoms with Gasteiger partial charge in [-0.3, -0.25) is 15.4 Å². The lowest BCUT2D eigenvalue weighted by molar-refractivity contribution is -1.06. The summed E-state index contributed by atoms with van der Waals surface area (Å²) < 4.78 is 21.4. The quantitative estimate of drug-likeness (QED) is 0.0908. The van der Waals surface area contributed by atoms with Crippen molar-refractivity contribution in [3.63, 3.8) is 0 Å². The molecule has 1 heterocycles. The second kappa shape index (κ2) is 14.3. The van der Waals surface area contributed by atoms with E-state index in [2.05, 4.69) is 5.43 Å². The highest BCUT2D eigenvalue weighted by Crippen LogP contribution is 2.31. The first-order chi connectivity index (χ1) is 18.5. The van der Waals surface area contributed by atoms with Gasteiger partial charge in [-0.1, -0.05) is 24.6 Å². The van der Waals surface area contributed by atoms with Crippen LogP contribution in [-0.4, -0.2) is 52.1 Å². The summed E-state index contributed by atoms with van der Waals surface area (Å²) in [6, 6.07) is 9.14. The molecule has 1 aliphatic rings. The van der Waals surface area contributed by atoms with E-state index >= 15 is 0 Å². The molecule has 2 aromatic carbocycles. The van der Waals surface area contributed by atoms with Crippen LogP contribution in [0.4, 0.5) is 15.8 Å². The predicted molar refractivity (Wildman–Crippen MR) is 153 cm³/mol. The number of ether oxygens (including phenoxy) is 1. The van der Waals surface area contributed by atoms with Crippen LogP contribution in [0.15, 0.2) is 65.2 Å². The fraction of sp³-hybridized carbons (Fsp3) is 0.393. The van der Waals surface area contributed by atoms with Gasteiger partial charge in [0.25, 0.3) is 0 Å². The number of morpholine rings is 1. The van der Waals surface area contributed by atoms with Crippen LogP contribution in [0.3, 0.4) is 0 Å². The number of carbonyl (C=O) groups excluding carboxylic acids is 1. The van der Waals surface area contributed by atoms with Crippen LogP contribution in [0.5, 0.6) is 0 Å². The second-order valence-corrected chi connectivity index (χ2v) is 11.1. The van der Waals surface area contributed by atoms with Crippen molar-refractivity contribution in [1.29, 1.82) is 0 Å². The van der Waals surface area contributed by atoms with Crippen molar-refractivity contribution in [2.24, 2.45) is 0 Å². The Morgan fingerprint density at radius 3 is 2.64 bits per heavy atom. The highest BCUT2D eigenvalue weighted by atomic mass is 35.5. The molecule has 11 heteroatoms. The SMILES string of the molecule is CC/C=C\C(C)[NH+](O)/C=C(\C)C(=O)c1cc(Cl)ccc1NN(O)Sc1ccc(N2C[C@@H](C)O[C@@H](C)C2)c(F)c1. The largest absolute Gasteiger partial charge is 0.372 e. The van der Waals surface area contributed by atoms with Crippen LogP contribution in [0.1, 0.15) is 51.4 Å². The number of Topliss-reactive ketones (excluding diaryl/α,β-unsaturated/α-hetero) is 1. The van der Waals surface area contributed by atoms with Gasteiger partial charge in [-0.25, -0.2) is 9.60 Å². The van der Waals surface area contributed by atoms with Crippen molar-refractivity contribution < 1.29 is 29.4 Å². The molecule has 2 unspecified atom stereocenters. The molecule has 0 radical (unpaired) electrons. The van der Waals surface area contributed by atoms with Crippen LogP contribution in [-0.2, 0) is 4.74 Å². The van der Waals surface area contributed by atoms with Crippen LogP contribution in [0, 0.1) is 5.82 Å². The lowest BCUT2D eigenvalue weighted by atomic mass is 10.0. The molecule has 0 aromatic heterocycles. The third kappa shape index (κ3) is 8.77. The molecule has 8 nitrogen and oxygen atoms in total. The smallest absolute Gasteiger partial charge is 0.196 e. The predicted octanol–water partition coefficient (Wildman–Crippen LogP) is 5.53. The Hall–Kier alpha value is -2.44. The van der Waals surface area contributed by atoms with Gasteiger partial charge in [-0.15, -0.1) is 0 Å². The number of hydroxylamine groups is 2. The van der Waals surface area contributed by atoms with Crippen LogP contribution >= 0.6 is 23.5 Å². The van der Waals surface area contributed by atoms with Gasteiger partial charge < -0.3 is 9.64 Å². The summed E-state index contributed by atoms with van der Waals surface area (Å²) in [5.41, 5.74) is 4.03. The Morgan fingerprint density at radius 2 is 2.00 bits per heavy atom. The van der Waals surface area contributed by atoms with Crippen LogP contribution in [0.25, 0.3) is 0 Å². The van der Waals surface area contributed by atoms with E-state index in [1.54, 1.807) is 31.2 Å². The van der Waals surface area contributed by atoms with Gasteiger partial charge in [0.05, 0.1) is 29.2 Å². The molecule has 1 fully saturated rings. The minimum absolute atomic E-state index is 0.00254. The van der Waals surface area contributed by atoms with Gasteiger partial charge in [0.15, 0.2) is 5.78 Å². The molecular formula is C28H37ClFN4O4S+. The highest BCUT2D eigenvalue weighted by Gasteiger charge is 2.25. The minimum Gasteiger partial charge on any atom is -0.372 e. The molecule has 39 heavy (non-hydrogen) atoms.